The molecule has 6 nitrogen and oxygen atoms in total. The number of piperidine rings is 1. The summed E-state index contributed by atoms with van der Waals surface area (Å²) in [5, 5.41) is 0. The predicted octanol–water partition coefficient (Wildman–Crippen LogP) is 5.28. The minimum atomic E-state index is -3.93. The highest BCUT2D eigenvalue weighted by Crippen LogP contribution is 2.27. The van der Waals surface area contributed by atoms with Crippen LogP contribution in [0.15, 0.2) is 0 Å². The number of nitrogens with zero attached hydrogens (tertiary/aromatic N) is 2. The molecule has 1 aliphatic heterocycles. The first-order valence-corrected chi connectivity index (χ1v) is 15.0. The minimum absolute atomic E-state index is 0.0394. The van der Waals surface area contributed by atoms with Crippen LogP contribution in [0.25, 0.3) is 0 Å². The molecule has 1 N–H and O–H groups in total. The molecule has 7 heteroatoms. The Hall–Kier alpha value is -0.660. The number of quaternary nitrogens is 1. The van der Waals surface area contributed by atoms with Gasteiger partial charge in [-0.25, -0.2) is 0 Å². The molecule has 1 fully saturated rings. The topological polar surface area (TPSA) is 74.7 Å². The summed E-state index contributed by atoms with van der Waals surface area (Å²) in [6.45, 7) is 11.4. The van der Waals surface area contributed by atoms with Gasteiger partial charge in [0, 0.05) is 19.5 Å². The van der Waals surface area contributed by atoms with Crippen molar-refractivity contribution in [3.8, 4) is 0 Å². The van der Waals surface area contributed by atoms with Gasteiger partial charge in [0.05, 0.1) is 37.8 Å². The Balaban J connectivity index is 2.55. The molecule has 0 bridgehead atoms. The Kier molecular flexibility index (Phi) is 14.7. The highest BCUT2D eigenvalue weighted by atomic mass is 32.2. The van der Waals surface area contributed by atoms with Gasteiger partial charge in [0.15, 0.2) is 0 Å². The molecule has 0 aromatic heterocycles. The van der Waals surface area contributed by atoms with E-state index in [0.717, 1.165) is 63.0 Å². The fourth-order valence-electron chi connectivity index (χ4n) is 5.35. The summed E-state index contributed by atoms with van der Waals surface area (Å²) in [6.07, 6.45) is 15.4. The van der Waals surface area contributed by atoms with E-state index in [2.05, 4.69) is 6.92 Å². The summed E-state index contributed by atoms with van der Waals surface area (Å²) < 4.78 is 32.5. The average molecular weight is 476 g/mol. The molecule has 1 aliphatic rings. The maximum absolute atomic E-state index is 13.0. The molecule has 32 heavy (non-hydrogen) atoms. The Morgan fingerprint density at radius 2 is 1.41 bits per heavy atom. The summed E-state index contributed by atoms with van der Waals surface area (Å²) in [5.74, 6) is 0.118. The van der Waals surface area contributed by atoms with E-state index in [9.17, 15) is 17.8 Å². The van der Waals surface area contributed by atoms with Gasteiger partial charge in [0.25, 0.3) is 10.1 Å². The zero-order valence-electron chi connectivity index (χ0n) is 21.2. The summed E-state index contributed by atoms with van der Waals surface area (Å²) in [5.41, 5.74) is 0. The zero-order chi connectivity index (χ0) is 23.9. The van der Waals surface area contributed by atoms with E-state index in [1.165, 1.54) is 57.8 Å². The van der Waals surface area contributed by atoms with Crippen LogP contribution in [0.2, 0.25) is 0 Å². The molecule has 0 spiro atoms. The highest BCUT2D eigenvalue weighted by Gasteiger charge is 2.38. The van der Waals surface area contributed by atoms with Crippen molar-refractivity contribution >= 4 is 16.0 Å². The second kappa shape index (κ2) is 16.0. The number of hydrogen-bond acceptors (Lipinski definition) is 3. The monoisotopic (exact) mass is 475 g/mol. The molecule has 0 saturated carbocycles. The second-order valence-corrected chi connectivity index (χ2v) is 11.4. The molecule has 1 saturated heterocycles. The number of likely N-dealkylation sites (tertiary alicyclic amines) is 1. The van der Waals surface area contributed by atoms with Crippen molar-refractivity contribution in [1.29, 1.82) is 0 Å². The minimum Gasteiger partial charge on any atom is -0.343 e. The van der Waals surface area contributed by atoms with E-state index in [1.807, 2.05) is 18.7 Å². The third-order valence-corrected chi connectivity index (χ3v) is 8.04. The lowest BCUT2D eigenvalue weighted by molar-refractivity contribution is -0.935. The van der Waals surface area contributed by atoms with E-state index < -0.39 is 10.1 Å². The van der Waals surface area contributed by atoms with Crippen molar-refractivity contribution < 1.29 is 22.2 Å². The van der Waals surface area contributed by atoms with Crippen molar-refractivity contribution in [2.45, 2.75) is 104 Å². The quantitative estimate of drug-likeness (QED) is 0.166. The van der Waals surface area contributed by atoms with Crippen LogP contribution in [-0.2, 0) is 14.9 Å². The fourth-order valence-corrected chi connectivity index (χ4v) is 5.85. The first kappa shape index (κ1) is 29.4. The smallest absolute Gasteiger partial charge is 0.265 e. The molecule has 0 aliphatic carbocycles. The van der Waals surface area contributed by atoms with Gasteiger partial charge in [-0.15, -0.1) is 0 Å². The third-order valence-electron chi connectivity index (χ3n) is 7.24. The van der Waals surface area contributed by atoms with Gasteiger partial charge >= 0.3 is 0 Å². The van der Waals surface area contributed by atoms with Gasteiger partial charge in [0.2, 0.25) is 5.91 Å². The van der Waals surface area contributed by atoms with Crippen molar-refractivity contribution in [1.82, 2.24) is 4.90 Å². The largest absolute Gasteiger partial charge is 0.343 e. The van der Waals surface area contributed by atoms with Gasteiger partial charge in [-0.2, -0.15) is 8.42 Å². The van der Waals surface area contributed by atoms with Gasteiger partial charge in [-0.1, -0.05) is 58.3 Å². The van der Waals surface area contributed by atoms with Gasteiger partial charge < -0.3 is 9.38 Å². The molecule has 0 unspecified atom stereocenters. The molecule has 190 valence electrons. The highest BCUT2D eigenvalue weighted by molar-refractivity contribution is 7.85. The molecule has 0 aromatic rings. The Morgan fingerprint density at radius 1 is 0.875 bits per heavy atom. The van der Waals surface area contributed by atoms with Crippen LogP contribution >= 0.6 is 0 Å². The summed E-state index contributed by atoms with van der Waals surface area (Å²) in [4.78, 5) is 14.9. The molecule has 1 heterocycles. The SMILES string of the molecule is CCCCCCCCCCCC[N@+]1(CCCS(=O)(=O)O)CCC[C@@H](C(=O)N(CC)CC)C1. The standard InChI is InChI=1S/C25H50N2O4S/c1-4-7-8-9-10-11-12-13-14-15-19-27(21-17-22-32(29,30)31)20-16-18-24(23-27)25(28)26(5-2)6-3/h24H,4-23H2,1-3H3/p+1/t24-,27-/m1/s1. The number of amides is 1. The van der Waals surface area contributed by atoms with Crippen molar-refractivity contribution in [3.05, 3.63) is 0 Å². The van der Waals surface area contributed by atoms with Crippen LogP contribution in [0.4, 0.5) is 0 Å². The van der Waals surface area contributed by atoms with Crippen LogP contribution in [0.5, 0.6) is 0 Å². The summed E-state index contributed by atoms with van der Waals surface area (Å²) in [7, 11) is -3.93. The zero-order valence-corrected chi connectivity index (χ0v) is 22.0. The van der Waals surface area contributed by atoms with Crippen molar-refractivity contribution in [3.63, 3.8) is 0 Å². The van der Waals surface area contributed by atoms with Crippen molar-refractivity contribution in [2.75, 3.05) is 45.0 Å². The van der Waals surface area contributed by atoms with Crippen LogP contribution in [0, 0.1) is 5.92 Å². The number of rotatable bonds is 18. The third kappa shape index (κ3) is 12.0. The van der Waals surface area contributed by atoms with Gasteiger partial charge in [-0.3, -0.25) is 9.35 Å². The van der Waals surface area contributed by atoms with E-state index in [-0.39, 0.29) is 17.6 Å². The fraction of sp³-hybridized carbons (Fsp3) is 0.960. The van der Waals surface area contributed by atoms with E-state index >= 15 is 0 Å². The molecule has 0 aromatic carbocycles. The number of hydrogen-bond donors (Lipinski definition) is 1. The lowest BCUT2D eigenvalue weighted by atomic mass is 9.93. The van der Waals surface area contributed by atoms with Crippen LogP contribution in [0.1, 0.15) is 104 Å². The normalized spacial score (nSPS) is 21.6. The van der Waals surface area contributed by atoms with Gasteiger partial charge in [0.1, 0.15) is 0 Å². The molecule has 0 radical (unpaired) electrons. The van der Waals surface area contributed by atoms with E-state index in [1.54, 1.807) is 0 Å². The Labute approximate surface area is 198 Å². The van der Waals surface area contributed by atoms with Crippen LogP contribution in [-0.4, -0.2) is 73.3 Å². The number of unbranched alkanes of at least 4 members (excludes halogenated alkanes) is 9. The Morgan fingerprint density at radius 3 is 1.94 bits per heavy atom. The van der Waals surface area contributed by atoms with E-state index in [0.29, 0.717) is 6.42 Å². The molecular weight excluding hydrogens is 424 g/mol. The first-order valence-electron chi connectivity index (χ1n) is 13.4. The average Bonchev–Trinajstić information content (AvgIpc) is 2.75. The molecule has 1 rings (SSSR count). The van der Waals surface area contributed by atoms with E-state index in [4.69, 9.17) is 0 Å². The Bertz CT molecular complexity index is 607. The lowest BCUT2D eigenvalue weighted by Crippen LogP contribution is -2.58. The maximum Gasteiger partial charge on any atom is 0.265 e. The summed E-state index contributed by atoms with van der Waals surface area (Å²) >= 11 is 0. The van der Waals surface area contributed by atoms with Gasteiger partial charge in [-0.05, 0) is 39.5 Å². The lowest BCUT2D eigenvalue weighted by Gasteiger charge is -2.45. The summed E-state index contributed by atoms with van der Waals surface area (Å²) in [6, 6.07) is 0. The number of carbonyl (C=O) groups is 1. The second-order valence-electron chi connectivity index (χ2n) is 9.87. The number of carbonyl (C=O) groups excluding carboxylic acids is 1. The van der Waals surface area contributed by atoms with Crippen molar-refractivity contribution in [2.24, 2.45) is 5.92 Å². The molecule has 1 amide bonds. The first-order chi connectivity index (χ1) is 15.3. The molecular formula is C25H51N2O4S+. The predicted molar refractivity (Wildman–Crippen MR) is 133 cm³/mol. The maximum atomic E-state index is 13.0. The van der Waals surface area contributed by atoms with Crippen LogP contribution in [0.3, 0.4) is 0 Å². The van der Waals surface area contributed by atoms with Crippen LogP contribution < -0.4 is 0 Å². The molecule has 2 atom stereocenters.